The second kappa shape index (κ2) is 9.87. The highest BCUT2D eigenvalue weighted by Gasteiger charge is 2.19. The second-order valence-corrected chi connectivity index (χ2v) is 6.28. The maximum atomic E-state index is 9.56. The van der Waals surface area contributed by atoms with Crippen molar-refractivity contribution in [1.82, 2.24) is 9.88 Å². The van der Waals surface area contributed by atoms with E-state index in [0.717, 1.165) is 41.3 Å². The molecule has 1 heterocycles. The van der Waals surface area contributed by atoms with Crippen molar-refractivity contribution in [3.05, 3.63) is 41.7 Å². The predicted octanol–water partition coefficient (Wildman–Crippen LogP) is 2.67. The lowest BCUT2D eigenvalue weighted by Gasteiger charge is -2.20. The van der Waals surface area contributed by atoms with Gasteiger partial charge in [-0.3, -0.25) is 5.41 Å². The second-order valence-electron chi connectivity index (χ2n) is 6.28. The Bertz CT molecular complexity index is 735. The largest absolute Gasteiger partial charge is 0.496 e. The van der Waals surface area contributed by atoms with Crippen molar-refractivity contribution in [3.63, 3.8) is 0 Å². The Morgan fingerprint density at radius 1 is 1.22 bits per heavy atom. The Labute approximate surface area is 160 Å². The van der Waals surface area contributed by atoms with E-state index in [9.17, 15) is 5.11 Å². The van der Waals surface area contributed by atoms with Crippen LogP contribution in [0.25, 0.3) is 0 Å². The molecule has 0 saturated heterocycles. The maximum absolute atomic E-state index is 9.56. The van der Waals surface area contributed by atoms with Crippen molar-refractivity contribution >= 4 is 11.5 Å². The van der Waals surface area contributed by atoms with Crippen LogP contribution in [0.1, 0.15) is 31.0 Å². The van der Waals surface area contributed by atoms with Crippen LogP contribution < -0.4 is 20.1 Å². The summed E-state index contributed by atoms with van der Waals surface area (Å²) in [6.45, 7) is 2.54. The molecule has 7 nitrogen and oxygen atoms in total. The summed E-state index contributed by atoms with van der Waals surface area (Å²) >= 11 is 0. The zero-order chi connectivity index (χ0) is 19.8. The first-order chi connectivity index (χ1) is 13.1. The molecule has 0 bridgehead atoms. The summed E-state index contributed by atoms with van der Waals surface area (Å²) < 4.78 is 13.0. The van der Waals surface area contributed by atoms with Gasteiger partial charge in [-0.25, -0.2) is 0 Å². The molecule has 0 amide bonds. The third-order valence-electron chi connectivity index (χ3n) is 4.53. The predicted molar refractivity (Wildman–Crippen MR) is 108 cm³/mol. The van der Waals surface area contributed by atoms with E-state index in [0.29, 0.717) is 6.54 Å². The fourth-order valence-electron chi connectivity index (χ4n) is 3.17. The number of aromatic nitrogens is 1. The van der Waals surface area contributed by atoms with Gasteiger partial charge in [0, 0.05) is 13.2 Å². The number of aliphatic hydroxyl groups excluding tert-OH is 1. The molecule has 0 spiro atoms. The Morgan fingerprint density at radius 2 is 1.89 bits per heavy atom. The molecule has 0 radical (unpaired) electrons. The third-order valence-corrected chi connectivity index (χ3v) is 4.53. The molecule has 148 valence electrons. The third kappa shape index (κ3) is 4.74. The fourth-order valence-corrected chi connectivity index (χ4v) is 3.17. The monoisotopic (exact) mass is 374 g/mol. The lowest BCUT2D eigenvalue weighted by Crippen LogP contribution is -2.38. The molecule has 1 atom stereocenters. The molecular formula is C20H30N4O3. The number of hydrogen-bond donors (Lipinski definition) is 4. The molecule has 4 N–H and O–H groups in total. The van der Waals surface area contributed by atoms with E-state index in [1.54, 1.807) is 14.2 Å². The van der Waals surface area contributed by atoms with Crippen LogP contribution in [0.4, 0.5) is 5.69 Å². The topological polar surface area (TPSA) is 91.5 Å². The van der Waals surface area contributed by atoms with Gasteiger partial charge in [-0.05, 0) is 24.6 Å². The molecule has 1 aromatic carbocycles. The van der Waals surface area contributed by atoms with E-state index in [4.69, 9.17) is 14.9 Å². The normalized spacial score (nSPS) is 11.7. The van der Waals surface area contributed by atoms with Gasteiger partial charge in [0.15, 0.2) is 0 Å². The van der Waals surface area contributed by atoms with Crippen LogP contribution in [0.2, 0.25) is 0 Å². The average molecular weight is 374 g/mol. The first-order valence-electron chi connectivity index (χ1n) is 9.12. The Hall–Kier alpha value is -2.67. The van der Waals surface area contributed by atoms with E-state index in [1.807, 2.05) is 42.1 Å². The van der Waals surface area contributed by atoms with Gasteiger partial charge >= 0.3 is 0 Å². The van der Waals surface area contributed by atoms with Gasteiger partial charge in [0.1, 0.15) is 23.0 Å². The number of amidine groups is 1. The zero-order valence-electron chi connectivity index (χ0n) is 16.5. The van der Waals surface area contributed by atoms with Crippen LogP contribution in [0.5, 0.6) is 11.5 Å². The zero-order valence-corrected chi connectivity index (χ0v) is 16.5. The standard InChI is InChI=1S/C20H30N4O3/c1-5-7-14(13-25)23-20(21)19-16(22-2)10-11-24(19)12-15-17(26-3)8-6-9-18(15)27-4/h6,8-11,14,22,25H,5,7,12-13H2,1-4H3,(H2,21,23)/t14-/m0/s1. The van der Waals surface area contributed by atoms with Gasteiger partial charge in [0.2, 0.25) is 0 Å². The van der Waals surface area contributed by atoms with Crippen molar-refractivity contribution in [2.75, 3.05) is 33.2 Å². The van der Waals surface area contributed by atoms with E-state index in [2.05, 4.69) is 17.6 Å². The molecule has 1 aromatic heterocycles. The molecule has 0 aliphatic rings. The minimum absolute atomic E-state index is 0.00779. The highest BCUT2D eigenvalue weighted by atomic mass is 16.5. The number of nitrogens with zero attached hydrogens (tertiary/aromatic N) is 1. The molecule has 7 heteroatoms. The van der Waals surface area contributed by atoms with Crippen LogP contribution in [0.3, 0.4) is 0 Å². The maximum Gasteiger partial charge on any atom is 0.144 e. The van der Waals surface area contributed by atoms with Crippen molar-refractivity contribution in [2.45, 2.75) is 32.4 Å². The van der Waals surface area contributed by atoms with E-state index < -0.39 is 0 Å². The van der Waals surface area contributed by atoms with Crippen LogP contribution in [-0.4, -0.2) is 49.4 Å². The summed E-state index contributed by atoms with van der Waals surface area (Å²) in [7, 11) is 5.10. The van der Waals surface area contributed by atoms with Crippen molar-refractivity contribution in [3.8, 4) is 11.5 Å². The van der Waals surface area contributed by atoms with Gasteiger partial charge in [0.25, 0.3) is 0 Å². The SMILES string of the molecule is CCC[C@@H](CO)NC(=N)c1c(NC)ccn1Cc1c(OC)cccc1OC. The summed E-state index contributed by atoms with van der Waals surface area (Å²) in [5.41, 5.74) is 2.47. The minimum Gasteiger partial charge on any atom is -0.496 e. The lowest BCUT2D eigenvalue weighted by molar-refractivity contribution is 0.248. The number of hydrogen-bond acceptors (Lipinski definition) is 5. The van der Waals surface area contributed by atoms with E-state index in [-0.39, 0.29) is 18.5 Å². The van der Waals surface area contributed by atoms with Crippen LogP contribution in [-0.2, 0) is 6.54 Å². The quantitative estimate of drug-likeness (QED) is 0.379. The number of methoxy groups -OCH3 is 2. The number of rotatable bonds is 10. The number of nitrogens with one attached hydrogen (secondary N) is 3. The number of ether oxygens (including phenoxy) is 2. The van der Waals surface area contributed by atoms with Crippen molar-refractivity contribution in [2.24, 2.45) is 0 Å². The summed E-state index contributed by atoms with van der Waals surface area (Å²) in [5.74, 6) is 1.74. The van der Waals surface area contributed by atoms with Gasteiger partial charge in [-0.2, -0.15) is 0 Å². The van der Waals surface area contributed by atoms with Crippen LogP contribution in [0.15, 0.2) is 30.5 Å². The molecule has 0 aliphatic carbocycles. The summed E-state index contributed by atoms with van der Waals surface area (Å²) in [6.07, 6.45) is 3.66. The molecule has 0 saturated carbocycles. The minimum atomic E-state index is -0.142. The summed E-state index contributed by atoms with van der Waals surface area (Å²) in [4.78, 5) is 0. The van der Waals surface area contributed by atoms with Gasteiger partial charge < -0.3 is 29.8 Å². The number of anilines is 1. The van der Waals surface area contributed by atoms with Crippen LogP contribution in [0, 0.1) is 5.41 Å². The van der Waals surface area contributed by atoms with Crippen molar-refractivity contribution in [1.29, 1.82) is 5.41 Å². The Balaban J connectivity index is 2.37. The van der Waals surface area contributed by atoms with Gasteiger partial charge in [0.05, 0.1) is 44.7 Å². The van der Waals surface area contributed by atoms with Crippen LogP contribution >= 0.6 is 0 Å². The lowest BCUT2D eigenvalue weighted by atomic mass is 10.1. The highest BCUT2D eigenvalue weighted by molar-refractivity contribution is 6.00. The number of benzene rings is 1. The molecule has 0 fully saturated rings. The molecule has 0 unspecified atom stereocenters. The van der Waals surface area contributed by atoms with E-state index >= 15 is 0 Å². The first kappa shape index (κ1) is 20.6. The molecule has 2 aromatic rings. The first-order valence-corrected chi connectivity index (χ1v) is 9.12. The fraction of sp³-hybridized carbons (Fsp3) is 0.450. The smallest absolute Gasteiger partial charge is 0.144 e. The molecular weight excluding hydrogens is 344 g/mol. The Kier molecular flexibility index (Phi) is 7.55. The molecule has 0 aliphatic heterocycles. The molecule has 27 heavy (non-hydrogen) atoms. The number of aliphatic hydroxyl groups is 1. The van der Waals surface area contributed by atoms with Gasteiger partial charge in [-0.1, -0.05) is 19.4 Å². The van der Waals surface area contributed by atoms with Gasteiger partial charge in [-0.15, -0.1) is 0 Å². The highest BCUT2D eigenvalue weighted by Crippen LogP contribution is 2.30. The summed E-state index contributed by atoms with van der Waals surface area (Å²) in [6, 6.07) is 7.47. The van der Waals surface area contributed by atoms with E-state index in [1.165, 1.54) is 0 Å². The average Bonchev–Trinajstić information content (AvgIpc) is 3.10. The van der Waals surface area contributed by atoms with Crippen molar-refractivity contribution < 1.29 is 14.6 Å². The Morgan fingerprint density at radius 3 is 2.41 bits per heavy atom. The molecule has 2 rings (SSSR count). The summed E-state index contributed by atoms with van der Waals surface area (Å²) in [5, 5.41) is 24.4.